The molecule has 0 saturated carbocycles. The summed E-state index contributed by atoms with van der Waals surface area (Å²) in [5.41, 5.74) is 8.01. The van der Waals surface area contributed by atoms with Crippen LogP contribution in [0.2, 0.25) is 0 Å². The van der Waals surface area contributed by atoms with Gasteiger partial charge in [-0.3, -0.25) is 4.68 Å². The molecule has 1 unspecified atom stereocenters. The number of aromatic nitrogens is 4. The molecule has 0 spiro atoms. The van der Waals surface area contributed by atoms with Gasteiger partial charge < -0.3 is 16.2 Å². The second-order valence-corrected chi connectivity index (χ2v) is 6.07. The number of rotatable bonds is 6. The van der Waals surface area contributed by atoms with Crippen molar-refractivity contribution in [3.8, 4) is 28.3 Å². The average Bonchev–Trinajstić information content (AvgIpc) is 3.07. The molecule has 0 radical (unpaired) electrons. The Hall–Kier alpha value is -3.00. The highest BCUT2D eigenvalue weighted by Gasteiger charge is 2.14. The second kappa shape index (κ2) is 7.49. The van der Waals surface area contributed by atoms with Crippen molar-refractivity contribution in [2.24, 2.45) is 12.8 Å². The Morgan fingerprint density at radius 2 is 2.12 bits per heavy atom. The molecule has 2 heterocycles. The highest BCUT2D eigenvalue weighted by Crippen LogP contribution is 2.32. The lowest BCUT2D eigenvalue weighted by Gasteiger charge is -2.12. The van der Waals surface area contributed by atoms with Crippen LogP contribution in [0.25, 0.3) is 22.5 Å². The lowest BCUT2D eigenvalue weighted by Crippen LogP contribution is -2.28. The van der Waals surface area contributed by atoms with Crippen molar-refractivity contribution < 1.29 is 9.50 Å². The largest absolute Gasteiger partial charge is 0.507 e. The van der Waals surface area contributed by atoms with E-state index >= 15 is 0 Å². The Morgan fingerprint density at radius 3 is 2.81 bits per heavy atom. The summed E-state index contributed by atoms with van der Waals surface area (Å²) in [6.45, 7) is 2.35. The molecule has 0 saturated heterocycles. The third-order valence-corrected chi connectivity index (χ3v) is 4.08. The summed E-state index contributed by atoms with van der Waals surface area (Å²) in [5.74, 6) is -0.271. The van der Waals surface area contributed by atoms with Crippen LogP contribution in [0.3, 0.4) is 0 Å². The van der Waals surface area contributed by atoms with Crippen LogP contribution in [0, 0.1) is 5.82 Å². The molecule has 0 aliphatic carbocycles. The van der Waals surface area contributed by atoms with E-state index in [1.54, 1.807) is 29.1 Å². The summed E-state index contributed by atoms with van der Waals surface area (Å²) in [4.78, 5) is 8.24. The number of halogens is 1. The molecular weight excluding hydrogens is 335 g/mol. The van der Waals surface area contributed by atoms with E-state index in [-0.39, 0.29) is 23.4 Å². The van der Waals surface area contributed by atoms with E-state index in [0.717, 1.165) is 23.7 Å². The van der Waals surface area contributed by atoms with Gasteiger partial charge in [0, 0.05) is 31.4 Å². The number of nitrogens with zero attached hydrogens (tertiary/aromatic N) is 4. The fraction of sp³-hybridized carbons (Fsp3) is 0.278. The summed E-state index contributed by atoms with van der Waals surface area (Å²) in [6, 6.07) is 4.99. The first-order valence-corrected chi connectivity index (χ1v) is 8.32. The number of benzene rings is 1. The van der Waals surface area contributed by atoms with Crippen molar-refractivity contribution in [1.82, 2.24) is 19.7 Å². The minimum atomic E-state index is -0.569. The number of hydrogen-bond acceptors (Lipinski definition) is 6. The van der Waals surface area contributed by atoms with E-state index in [1.165, 1.54) is 0 Å². The standard InChI is InChI=1S/C18H21FN6O/c1-3-13(20)8-21-18-15(19)9-22-17(24-18)14-6-11(4-5-16(14)26)12-7-23-25(2)10-12/h4-7,9-10,13,26H,3,8,20H2,1-2H3,(H,21,22,24). The Bertz CT molecular complexity index is 910. The van der Waals surface area contributed by atoms with Crippen LogP contribution in [0.1, 0.15) is 13.3 Å². The highest BCUT2D eigenvalue weighted by atomic mass is 19.1. The van der Waals surface area contributed by atoms with E-state index in [0.29, 0.717) is 12.1 Å². The molecule has 3 aromatic rings. The maximum Gasteiger partial charge on any atom is 0.183 e. The zero-order valence-electron chi connectivity index (χ0n) is 14.6. The van der Waals surface area contributed by atoms with Crippen LogP contribution >= 0.6 is 0 Å². The number of phenols is 1. The smallest absolute Gasteiger partial charge is 0.183 e. The van der Waals surface area contributed by atoms with Crippen molar-refractivity contribution in [2.75, 3.05) is 11.9 Å². The molecule has 0 bridgehead atoms. The maximum atomic E-state index is 14.0. The normalized spacial score (nSPS) is 12.2. The van der Waals surface area contributed by atoms with Gasteiger partial charge in [-0.1, -0.05) is 13.0 Å². The Kier molecular flexibility index (Phi) is 5.13. The minimum Gasteiger partial charge on any atom is -0.507 e. The molecule has 26 heavy (non-hydrogen) atoms. The number of nitrogens with one attached hydrogen (secondary N) is 1. The van der Waals surface area contributed by atoms with Gasteiger partial charge in [0.05, 0.1) is 18.0 Å². The number of aryl methyl sites for hydroxylation is 1. The summed E-state index contributed by atoms with van der Waals surface area (Å²) in [6.07, 6.45) is 5.43. The zero-order chi connectivity index (χ0) is 18.7. The van der Waals surface area contributed by atoms with Gasteiger partial charge in [0.15, 0.2) is 17.5 Å². The third kappa shape index (κ3) is 3.80. The van der Waals surface area contributed by atoms with Crippen LogP contribution in [-0.2, 0) is 7.05 Å². The van der Waals surface area contributed by atoms with Gasteiger partial charge in [-0.05, 0) is 24.1 Å². The molecule has 1 atom stereocenters. The fourth-order valence-electron chi connectivity index (χ4n) is 2.46. The van der Waals surface area contributed by atoms with Gasteiger partial charge in [-0.25, -0.2) is 14.4 Å². The SMILES string of the molecule is CCC(N)CNc1nc(-c2cc(-c3cnn(C)c3)ccc2O)ncc1F. The lowest BCUT2D eigenvalue weighted by atomic mass is 10.0. The molecule has 4 N–H and O–H groups in total. The predicted octanol–water partition coefficient (Wildman–Crippen LogP) is 2.54. The summed E-state index contributed by atoms with van der Waals surface area (Å²) >= 11 is 0. The fourth-order valence-corrected chi connectivity index (χ4v) is 2.46. The van der Waals surface area contributed by atoms with Gasteiger partial charge >= 0.3 is 0 Å². The van der Waals surface area contributed by atoms with Gasteiger partial charge in [0.25, 0.3) is 0 Å². The Morgan fingerprint density at radius 1 is 1.31 bits per heavy atom. The van der Waals surface area contributed by atoms with Gasteiger partial charge in [-0.15, -0.1) is 0 Å². The number of phenolic OH excluding ortho intramolecular Hbond substituents is 1. The van der Waals surface area contributed by atoms with Crippen molar-refractivity contribution >= 4 is 5.82 Å². The zero-order valence-corrected chi connectivity index (χ0v) is 14.6. The molecule has 0 fully saturated rings. The van der Waals surface area contributed by atoms with E-state index < -0.39 is 5.82 Å². The first-order chi connectivity index (χ1) is 12.5. The number of anilines is 1. The molecule has 0 amide bonds. The summed E-state index contributed by atoms with van der Waals surface area (Å²) in [7, 11) is 1.83. The molecule has 136 valence electrons. The Balaban J connectivity index is 1.95. The first-order valence-electron chi connectivity index (χ1n) is 8.32. The monoisotopic (exact) mass is 356 g/mol. The van der Waals surface area contributed by atoms with Gasteiger partial charge in [-0.2, -0.15) is 5.10 Å². The molecule has 1 aromatic carbocycles. The molecule has 2 aromatic heterocycles. The van der Waals surface area contributed by atoms with E-state index in [2.05, 4.69) is 20.4 Å². The molecule has 0 aliphatic rings. The van der Waals surface area contributed by atoms with Gasteiger partial charge in [0.1, 0.15) is 5.75 Å². The topological polar surface area (TPSA) is 102 Å². The van der Waals surface area contributed by atoms with Crippen LogP contribution in [-0.4, -0.2) is 37.4 Å². The van der Waals surface area contributed by atoms with E-state index in [9.17, 15) is 9.50 Å². The quantitative estimate of drug-likeness (QED) is 0.627. The highest BCUT2D eigenvalue weighted by molar-refractivity contribution is 5.74. The van der Waals surface area contributed by atoms with Crippen LogP contribution < -0.4 is 11.1 Å². The molecular formula is C18H21FN6O. The lowest BCUT2D eigenvalue weighted by molar-refractivity contribution is 0.477. The minimum absolute atomic E-state index is 0.0143. The predicted molar refractivity (Wildman–Crippen MR) is 98.0 cm³/mol. The van der Waals surface area contributed by atoms with Crippen molar-refractivity contribution in [3.63, 3.8) is 0 Å². The van der Waals surface area contributed by atoms with Crippen LogP contribution in [0.5, 0.6) is 5.75 Å². The average molecular weight is 356 g/mol. The van der Waals surface area contributed by atoms with Crippen LogP contribution in [0.4, 0.5) is 10.2 Å². The molecule has 3 rings (SSSR count). The molecule has 7 nitrogen and oxygen atoms in total. The molecule has 8 heteroatoms. The first kappa shape index (κ1) is 17.8. The molecule has 0 aliphatic heterocycles. The number of hydrogen-bond donors (Lipinski definition) is 3. The van der Waals surface area contributed by atoms with Crippen LogP contribution in [0.15, 0.2) is 36.8 Å². The third-order valence-electron chi connectivity index (χ3n) is 4.08. The number of aromatic hydroxyl groups is 1. The second-order valence-electron chi connectivity index (χ2n) is 6.07. The number of nitrogens with two attached hydrogens (primary N) is 1. The maximum absolute atomic E-state index is 14.0. The van der Waals surface area contributed by atoms with Crippen molar-refractivity contribution in [1.29, 1.82) is 0 Å². The summed E-state index contributed by atoms with van der Waals surface area (Å²) in [5, 5.41) is 17.3. The van der Waals surface area contributed by atoms with E-state index in [1.807, 2.05) is 20.2 Å². The summed E-state index contributed by atoms with van der Waals surface area (Å²) < 4.78 is 15.7. The van der Waals surface area contributed by atoms with E-state index in [4.69, 9.17) is 5.73 Å². The van der Waals surface area contributed by atoms with Gasteiger partial charge in [0.2, 0.25) is 0 Å². The Labute approximate surface area is 150 Å². The van der Waals surface area contributed by atoms with Crippen molar-refractivity contribution in [2.45, 2.75) is 19.4 Å². The van der Waals surface area contributed by atoms with Crippen molar-refractivity contribution in [3.05, 3.63) is 42.6 Å².